The summed E-state index contributed by atoms with van der Waals surface area (Å²) in [5.41, 5.74) is 6.83. The zero-order valence-corrected chi connectivity index (χ0v) is 19.6. The van der Waals surface area contributed by atoms with E-state index in [0.717, 1.165) is 38.7 Å². The predicted octanol–water partition coefficient (Wildman–Crippen LogP) is 5.90. The SMILES string of the molecule is CCC(=O)N1N=C(c2c(-c3ccccc3)c3cc(C)ccc3[nH]c2=O)C[C@H]1c1cccc(C)c1. The number of aromatic amines is 1. The molecule has 0 saturated heterocycles. The van der Waals surface area contributed by atoms with E-state index in [9.17, 15) is 9.59 Å². The van der Waals surface area contributed by atoms with Crippen molar-refractivity contribution >= 4 is 22.5 Å². The molecular formula is C29H27N3O2. The summed E-state index contributed by atoms with van der Waals surface area (Å²) in [5, 5.41) is 7.31. The number of fused-ring (bicyclic) bond motifs is 1. The Balaban J connectivity index is 1.75. The fourth-order valence-corrected chi connectivity index (χ4v) is 4.78. The van der Waals surface area contributed by atoms with Gasteiger partial charge < -0.3 is 4.98 Å². The highest BCUT2D eigenvalue weighted by Gasteiger charge is 2.34. The van der Waals surface area contributed by atoms with Crippen molar-refractivity contribution in [3.8, 4) is 11.1 Å². The first-order chi connectivity index (χ1) is 16.5. The monoisotopic (exact) mass is 449 g/mol. The van der Waals surface area contributed by atoms with E-state index >= 15 is 0 Å². The number of rotatable bonds is 4. The van der Waals surface area contributed by atoms with Crippen molar-refractivity contribution in [1.82, 2.24) is 9.99 Å². The molecule has 5 nitrogen and oxygen atoms in total. The quantitative estimate of drug-likeness (QED) is 0.422. The summed E-state index contributed by atoms with van der Waals surface area (Å²) in [6, 6.07) is 23.9. The molecule has 0 fully saturated rings. The second-order valence-corrected chi connectivity index (χ2v) is 8.89. The third kappa shape index (κ3) is 3.83. The summed E-state index contributed by atoms with van der Waals surface area (Å²) in [5.74, 6) is -0.0594. The van der Waals surface area contributed by atoms with Crippen molar-refractivity contribution in [1.29, 1.82) is 0 Å². The van der Waals surface area contributed by atoms with Crippen LogP contribution in [0.5, 0.6) is 0 Å². The van der Waals surface area contributed by atoms with Crippen molar-refractivity contribution in [2.75, 3.05) is 0 Å². The van der Waals surface area contributed by atoms with E-state index in [1.165, 1.54) is 0 Å². The zero-order valence-electron chi connectivity index (χ0n) is 19.6. The summed E-state index contributed by atoms with van der Waals surface area (Å²) < 4.78 is 0. The van der Waals surface area contributed by atoms with Crippen LogP contribution >= 0.6 is 0 Å². The number of pyridine rings is 1. The molecule has 1 N–H and O–H groups in total. The average molecular weight is 450 g/mol. The van der Waals surface area contributed by atoms with Gasteiger partial charge in [0.1, 0.15) is 0 Å². The van der Waals surface area contributed by atoms with E-state index in [-0.39, 0.29) is 17.5 Å². The molecule has 0 saturated carbocycles. The Bertz CT molecular complexity index is 1480. The second-order valence-electron chi connectivity index (χ2n) is 8.89. The van der Waals surface area contributed by atoms with Crippen LogP contribution in [0.2, 0.25) is 0 Å². The van der Waals surface area contributed by atoms with E-state index in [1.807, 2.05) is 81.4 Å². The number of hydrogen-bond acceptors (Lipinski definition) is 3. The standard InChI is InChI=1S/C29H27N3O2/c1-4-26(33)32-25(21-12-8-9-18(2)15-21)17-24(31-32)28-27(20-10-6-5-7-11-20)22-16-19(3)13-14-23(22)30-29(28)34/h5-16,25H,4,17H2,1-3H3,(H,30,34)/t25-/m0/s1. The van der Waals surface area contributed by atoms with Crippen molar-refractivity contribution in [2.24, 2.45) is 5.10 Å². The summed E-state index contributed by atoms with van der Waals surface area (Å²) in [4.78, 5) is 29.4. The predicted molar refractivity (Wildman–Crippen MR) is 137 cm³/mol. The number of benzene rings is 3. The highest BCUT2D eigenvalue weighted by Crippen LogP contribution is 2.37. The Hall–Kier alpha value is -3.99. The van der Waals surface area contributed by atoms with E-state index < -0.39 is 0 Å². The van der Waals surface area contributed by atoms with E-state index in [4.69, 9.17) is 5.10 Å². The molecule has 1 aromatic heterocycles. The second kappa shape index (κ2) is 8.75. The first-order valence-electron chi connectivity index (χ1n) is 11.6. The molecule has 5 heteroatoms. The largest absolute Gasteiger partial charge is 0.321 e. The van der Waals surface area contributed by atoms with Crippen LogP contribution < -0.4 is 5.56 Å². The first-order valence-corrected chi connectivity index (χ1v) is 11.6. The molecule has 1 amide bonds. The summed E-state index contributed by atoms with van der Waals surface area (Å²) >= 11 is 0. The van der Waals surface area contributed by atoms with Crippen LogP contribution in [0.4, 0.5) is 0 Å². The van der Waals surface area contributed by atoms with Gasteiger partial charge in [0.05, 0.1) is 17.3 Å². The number of hydrazone groups is 1. The van der Waals surface area contributed by atoms with Gasteiger partial charge in [-0.3, -0.25) is 9.59 Å². The smallest absolute Gasteiger partial charge is 0.258 e. The number of H-pyrrole nitrogens is 1. The number of carbonyl (C=O) groups is 1. The molecule has 3 aromatic carbocycles. The van der Waals surface area contributed by atoms with Crippen molar-refractivity contribution in [3.05, 3.63) is 105 Å². The van der Waals surface area contributed by atoms with E-state index in [1.54, 1.807) is 5.01 Å². The molecule has 0 radical (unpaired) electrons. The van der Waals surface area contributed by atoms with Gasteiger partial charge in [-0.15, -0.1) is 0 Å². The minimum Gasteiger partial charge on any atom is -0.321 e. The number of carbonyl (C=O) groups excluding carboxylic acids is 1. The van der Waals surface area contributed by atoms with Crippen LogP contribution in [0.3, 0.4) is 0 Å². The molecular weight excluding hydrogens is 422 g/mol. The number of nitrogens with one attached hydrogen (secondary N) is 1. The number of aromatic nitrogens is 1. The van der Waals surface area contributed by atoms with Gasteiger partial charge in [-0.1, -0.05) is 78.7 Å². The number of aryl methyl sites for hydroxylation is 2. The molecule has 4 aromatic rings. The van der Waals surface area contributed by atoms with Crippen molar-refractivity contribution in [3.63, 3.8) is 0 Å². The molecule has 170 valence electrons. The number of amides is 1. The molecule has 0 spiro atoms. The van der Waals surface area contributed by atoms with Crippen LogP contribution in [-0.4, -0.2) is 21.6 Å². The van der Waals surface area contributed by atoms with Gasteiger partial charge in [0, 0.05) is 29.3 Å². The van der Waals surface area contributed by atoms with Crippen molar-refractivity contribution < 1.29 is 4.79 Å². The topological polar surface area (TPSA) is 65.5 Å². The summed E-state index contributed by atoms with van der Waals surface area (Å²) in [7, 11) is 0. The normalized spacial score (nSPS) is 15.6. The molecule has 1 atom stereocenters. The maximum absolute atomic E-state index is 13.5. The van der Waals surface area contributed by atoms with Crippen molar-refractivity contribution in [2.45, 2.75) is 39.7 Å². The maximum atomic E-state index is 13.5. The Morgan fingerprint density at radius 2 is 1.74 bits per heavy atom. The Morgan fingerprint density at radius 1 is 0.971 bits per heavy atom. The highest BCUT2D eigenvalue weighted by atomic mass is 16.2. The van der Waals surface area contributed by atoms with Gasteiger partial charge in [-0.25, -0.2) is 5.01 Å². The van der Waals surface area contributed by atoms with Crippen LogP contribution in [0.25, 0.3) is 22.0 Å². The molecule has 2 heterocycles. The van der Waals surface area contributed by atoms with Gasteiger partial charge >= 0.3 is 0 Å². The zero-order chi connectivity index (χ0) is 23.8. The lowest BCUT2D eigenvalue weighted by Gasteiger charge is -2.21. The molecule has 1 aliphatic heterocycles. The van der Waals surface area contributed by atoms with Crippen LogP contribution in [-0.2, 0) is 4.79 Å². The molecule has 5 rings (SSSR count). The first kappa shape index (κ1) is 21.8. The minimum absolute atomic E-state index is 0.0594. The highest BCUT2D eigenvalue weighted by molar-refractivity contribution is 6.13. The van der Waals surface area contributed by atoms with Crippen LogP contribution in [0.15, 0.2) is 82.7 Å². The van der Waals surface area contributed by atoms with Gasteiger partial charge in [-0.2, -0.15) is 5.10 Å². The fourth-order valence-electron chi connectivity index (χ4n) is 4.78. The molecule has 0 bridgehead atoms. The third-order valence-electron chi connectivity index (χ3n) is 6.42. The third-order valence-corrected chi connectivity index (χ3v) is 6.42. The Labute approximate surface area is 198 Å². The average Bonchev–Trinajstić information content (AvgIpc) is 3.28. The van der Waals surface area contributed by atoms with Crippen LogP contribution in [0, 0.1) is 13.8 Å². The molecule has 0 unspecified atom stereocenters. The lowest BCUT2D eigenvalue weighted by atomic mass is 9.90. The lowest BCUT2D eigenvalue weighted by Crippen LogP contribution is -2.26. The molecule has 1 aliphatic rings. The summed E-state index contributed by atoms with van der Waals surface area (Å²) in [6.07, 6.45) is 0.827. The lowest BCUT2D eigenvalue weighted by molar-refractivity contribution is -0.132. The van der Waals surface area contributed by atoms with Gasteiger partial charge in [0.15, 0.2) is 0 Å². The van der Waals surface area contributed by atoms with Gasteiger partial charge in [0.2, 0.25) is 5.91 Å². The Kier molecular flexibility index (Phi) is 5.62. The van der Waals surface area contributed by atoms with Crippen LogP contribution in [0.1, 0.15) is 48.1 Å². The van der Waals surface area contributed by atoms with E-state index in [2.05, 4.69) is 17.1 Å². The molecule has 34 heavy (non-hydrogen) atoms. The minimum atomic E-state index is -0.237. The molecule has 0 aliphatic carbocycles. The Morgan fingerprint density at radius 3 is 2.47 bits per heavy atom. The maximum Gasteiger partial charge on any atom is 0.258 e. The number of nitrogens with zero attached hydrogens (tertiary/aromatic N) is 2. The van der Waals surface area contributed by atoms with Gasteiger partial charge in [-0.05, 0) is 37.1 Å². The fraction of sp³-hybridized carbons (Fsp3) is 0.207. The van der Waals surface area contributed by atoms with Gasteiger partial charge in [0.25, 0.3) is 5.56 Å². The summed E-state index contributed by atoms with van der Waals surface area (Å²) in [6.45, 7) is 5.92. The number of hydrogen-bond donors (Lipinski definition) is 1. The van der Waals surface area contributed by atoms with E-state index in [0.29, 0.717) is 24.1 Å².